The Morgan fingerprint density at radius 3 is 2.09 bits per heavy atom. The molecule has 15 saturated heterocycles. The van der Waals surface area contributed by atoms with Gasteiger partial charge in [0.15, 0.2) is 17.4 Å². The molecule has 15 heterocycles. The highest BCUT2D eigenvalue weighted by molar-refractivity contribution is 14.1. The molecule has 0 aromatic rings. The second-order valence-electron chi connectivity index (χ2n) is 27.4. The number of alkyl halides is 1. The maximum atomic E-state index is 14.7. The Balaban J connectivity index is 0.640. The molecule has 0 saturated carbocycles. The van der Waals surface area contributed by atoms with Crippen LogP contribution in [0.4, 0.5) is 0 Å². The molecule has 15 rings (SSSR count). The van der Waals surface area contributed by atoms with Gasteiger partial charge in [-0.1, -0.05) is 49.6 Å². The van der Waals surface area contributed by atoms with Gasteiger partial charge in [-0.15, -0.1) is 0 Å². The van der Waals surface area contributed by atoms with Gasteiger partial charge in [-0.2, -0.15) is 0 Å². The minimum absolute atomic E-state index is 0.0139. The fourth-order valence-electron chi connectivity index (χ4n) is 18.1. The van der Waals surface area contributed by atoms with Crippen molar-refractivity contribution in [1.29, 1.82) is 0 Å². The summed E-state index contributed by atoms with van der Waals surface area (Å²) < 4.78 is 96.5. The lowest BCUT2D eigenvalue weighted by Crippen LogP contribution is -2.63. The third-order valence-corrected chi connectivity index (χ3v) is 23.4. The molecule has 3 spiro atoms. The summed E-state index contributed by atoms with van der Waals surface area (Å²) in [6.07, 6.45) is 6.96. The van der Waals surface area contributed by atoms with Crippen molar-refractivity contribution in [2.75, 3.05) is 6.61 Å². The maximum Gasteiger partial charge on any atom is 0.174 e. The lowest BCUT2D eigenvalue weighted by atomic mass is 9.78. The Hall–Kier alpha value is -0.800. The summed E-state index contributed by atoms with van der Waals surface area (Å²) in [6, 6.07) is 0. The number of aliphatic hydroxyl groups is 3. The SMILES string of the molecule is C=C1C[C@@H]2CC[C@]34CC(O)C(O3)[C@@H]3O[C@H]5CC[C@H](CC(=O)C[C@@H]6C[C@@H]7O[C@@H]8C[C@]9(C[C@@H]%10O[C@@]%11(CC[C@@H]%10O9)C[C@H](C)[C@@H]9O[C@@H]%10C[C@@H]([C@@H](O)CO)O[C@@H]%10C[C@@H]9O%11)O[C@@H]8C[C@@H]7O[C@H]6C[C@H]6O[C@@H](CC[C@@H]1O2)C[C@@H](C)C6=C)O[C@@H]5[C@H](O4)[C@@H]3I. The second-order valence-corrected chi connectivity index (χ2v) is 28.8. The Morgan fingerprint density at radius 1 is 0.532 bits per heavy atom. The molecule has 18 nitrogen and oxygen atoms in total. The van der Waals surface area contributed by atoms with Crippen molar-refractivity contribution in [1.82, 2.24) is 0 Å². The van der Waals surface area contributed by atoms with Crippen molar-refractivity contribution in [3.8, 4) is 0 Å². The molecule has 0 amide bonds. The second kappa shape index (κ2) is 21.0. The van der Waals surface area contributed by atoms with Crippen LogP contribution in [0.1, 0.15) is 149 Å². The number of aliphatic hydroxyl groups excluding tert-OH is 3. The zero-order chi connectivity index (χ0) is 53.9. The molecule has 0 aliphatic carbocycles. The first-order chi connectivity index (χ1) is 38.1. The van der Waals surface area contributed by atoms with Gasteiger partial charge < -0.3 is 81.6 Å². The van der Waals surface area contributed by atoms with Crippen LogP contribution in [0.3, 0.4) is 0 Å². The van der Waals surface area contributed by atoms with E-state index in [9.17, 15) is 20.1 Å². The Labute approximate surface area is 477 Å². The van der Waals surface area contributed by atoms with Crippen LogP contribution in [0.2, 0.25) is 0 Å². The molecule has 15 aliphatic heterocycles. The largest absolute Gasteiger partial charge is 0.394 e. The van der Waals surface area contributed by atoms with Crippen LogP contribution in [0, 0.1) is 17.8 Å². The molecule has 440 valence electrons. The quantitative estimate of drug-likeness (QED) is 0.167. The number of ether oxygens (including phenoxy) is 14. The van der Waals surface area contributed by atoms with Gasteiger partial charge in [0.05, 0.1) is 127 Å². The molecule has 19 heteroatoms. The summed E-state index contributed by atoms with van der Waals surface area (Å²) in [5.41, 5.74) is 2.19. The lowest BCUT2D eigenvalue weighted by molar-refractivity contribution is -0.362. The van der Waals surface area contributed by atoms with E-state index in [1.54, 1.807) is 0 Å². The molecule has 0 aromatic carbocycles. The van der Waals surface area contributed by atoms with Crippen LogP contribution in [0.5, 0.6) is 0 Å². The third-order valence-electron chi connectivity index (χ3n) is 22.0. The number of ketones is 1. The number of hydrogen-bond donors (Lipinski definition) is 3. The minimum Gasteiger partial charge on any atom is -0.394 e. The molecule has 10 bridgehead atoms. The Morgan fingerprint density at radius 2 is 1.22 bits per heavy atom. The monoisotopic (exact) mass is 1220 g/mol. The third kappa shape index (κ3) is 9.98. The van der Waals surface area contributed by atoms with Gasteiger partial charge >= 0.3 is 0 Å². The van der Waals surface area contributed by atoms with E-state index in [1.165, 1.54) is 0 Å². The summed E-state index contributed by atoms with van der Waals surface area (Å²) in [6.45, 7) is 13.3. The molecular weight excluding hydrogens is 1140 g/mol. The van der Waals surface area contributed by atoms with E-state index in [-0.39, 0.29) is 163 Å². The summed E-state index contributed by atoms with van der Waals surface area (Å²) >= 11 is 2.42. The molecule has 15 fully saturated rings. The van der Waals surface area contributed by atoms with E-state index >= 15 is 0 Å². The number of halogens is 1. The normalized spacial score (nSPS) is 57.3. The minimum atomic E-state index is -0.988. The van der Waals surface area contributed by atoms with Crippen molar-refractivity contribution in [2.45, 2.75) is 316 Å². The van der Waals surface area contributed by atoms with Crippen molar-refractivity contribution in [2.24, 2.45) is 17.8 Å². The summed E-state index contributed by atoms with van der Waals surface area (Å²) in [4.78, 5) is 14.7. The van der Waals surface area contributed by atoms with Crippen molar-refractivity contribution < 1.29 is 86.4 Å². The van der Waals surface area contributed by atoms with E-state index in [0.29, 0.717) is 89.9 Å². The fourth-order valence-corrected chi connectivity index (χ4v) is 19.2. The maximum absolute atomic E-state index is 14.7. The number of rotatable bonds is 2. The molecule has 0 aromatic heterocycles. The summed E-state index contributed by atoms with van der Waals surface area (Å²) in [5.74, 6) is -2.13. The molecule has 2 unspecified atom stereocenters. The van der Waals surface area contributed by atoms with E-state index in [1.807, 2.05) is 0 Å². The topological polar surface area (TPSA) is 207 Å². The lowest BCUT2D eigenvalue weighted by Gasteiger charge is -2.53. The first-order valence-electron chi connectivity index (χ1n) is 30.9. The zero-order valence-electron chi connectivity index (χ0n) is 46.0. The van der Waals surface area contributed by atoms with Gasteiger partial charge in [0.2, 0.25) is 0 Å². The smallest absolute Gasteiger partial charge is 0.174 e. The number of carbonyl (C=O) groups excluding carboxylic acids is 1. The predicted molar refractivity (Wildman–Crippen MR) is 286 cm³/mol. The van der Waals surface area contributed by atoms with Crippen molar-refractivity contribution >= 4 is 28.4 Å². The average molecular weight is 1220 g/mol. The van der Waals surface area contributed by atoms with Crippen LogP contribution in [0.15, 0.2) is 24.3 Å². The van der Waals surface area contributed by atoms with Gasteiger partial charge in [-0.25, -0.2) is 0 Å². The number of hydrogen-bond acceptors (Lipinski definition) is 18. The zero-order valence-corrected chi connectivity index (χ0v) is 48.1. The molecule has 79 heavy (non-hydrogen) atoms. The van der Waals surface area contributed by atoms with Crippen LogP contribution in [0.25, 0.3) is 0 Å². The molecule has 0 radical (unpaired) electrons. The van der Waals surface area contributed by atoms with Crippen LogP contribution in [-0.4, -0.2) is 195 Å². The summed E-state index contributed by atoms with van der Waals surface area (Å²) in [7, 11) is 0. The fraction of sp³-hybridized carbons (Fsp3) is 0.917. The van der Waals surface area contributed by atoms with Gasteiger partial charge in [-0.3, -0.25) is 4.79 Å². The molecule has 15 aliphatic rings. The molecule has 3 N–H and O–H groups in total. The standard InChI is InChI=1S/C60H85IO18/c1-27-13-33-5-7-38-28(2)14-35(66-38)9-11-59-23-36(64)54(78-59)56-52(61)57(79-59)55-40(72-56)8-6-34(68-55)17-32(63)15-31-16-44-45(69-42(31)18-41(67-33)30(27)4)20-48-50(71-44)24-60(75-48)25-51-39(74-60)10-12-58(77-51)22-29(3)53-49(76-58)21-46-47(73-53)19-43(70-46)37(65)26-62/h27,29,31,33-57,62,64-65H,2,4-26H2,1,3H3/t27-,29+,31-,33+,34-,35+,36?,37+,38+,39+,40+,41-,42+,43+,44+,45+,46-,47-,48-,49+,50-,51+,52-,53+,54?,55+,56-,57-,58+,59+,60-/m1/s1. The van der Waals surface area contributed by atoms with Gasteiger partial charge in [-0.05, 0) is 86.7 Å². The van der Waals surface area contributed by atoms with Gasteiger partial charge in [0.25, 0.3) is 0 Å². The number of Topliss-reactive ketones (excluding diaryl/α,β-unsaturated/α-hetero) is 1. The highest BCUT2D eigenvalue weighted by Gasteiger charge is 2.65. The Bertz CT molecular complexity index is 2330. The summed E-state index contributed by atoms with van der Waals surface area (Å²) in [5, 5.41) is 31.4. The van der Waals surface area contributed by atoms with E-state index in [2.05, 4.69) is 49.6 Å². The Kier molecular flexibility index (Phi) is 14.6. The van der Waals surface area contributed by atoms with E-state index < -0.39 is 41.8 Å². The molecular formula is C60H85IO18. The van der Waals surface area contributed by atoms with E-state index in [4.69, 9.17) is 66.3 Å². The van der Waals surface area contributed by atoms with Crippen LogP contribution in [-0.2, 0) is 71.1 Å². The highest BCUT2D eigenvalue weighted by Crippen LogP contribution is 2.56. The molecule has 31 atom stereocenters. The van der Waals surface area contributed by atoms with Gasteiger partial charge in [0.1, 0.15) is 36.3 Å². The highest BCUT2D eigenvalue weighted by atomic mass is 127. The van der Waals surface area contributed by atoms with E-state index in [0.717, 1.165) is 49.7 Å². The van der Waals surface area contributed by atoms with Crippen molar-refractivity contribution in [3.05, 3.63) is 24.3 Å². The number of carbonyl (C=O) groups is 1. The average Bonchev–Trinajstić information content (AvgIpc) is 4.46. The van der Waals surface area contributed by atoms with Crippen molar-refractivity contribution in [3.63, 3.8) is 0 Å². The number of fused-ring (bicyclic) bond motifs is 14. The first-order valence-corrected chi connectivity index (χ1v) is 32.1. The van der Waals surface area contributed by atoms with Gasteiger partial charge in [0, 0.05) is 77.0 Å². The predicted octanol–water partition coefficient (Wildman–Crippen LogP) is 5.90. The first kappa shape index (κ1) is 54.8. The van der Waals surface area contributed by atoms with Crippen LogP contribution >= 0.6 is 22.6 Å². The van der Waals surface area contributed by atoms with Crippen LogP contribution < -0.4 is 0 Å².